The van der Waals surface area contributed by atoms with Crippen molar-refractivity contribution in [3.05, 3.63) is 42.4 Å². The van der Waals surface area contributed by atoms with E-state index in [2.05, 4.69) is 11.3 Å². The summed E-state index contributed by atoms with van der Waals surface area (Å²) >= 11 is 0. The van der Waals surface area contributed by atoms with Gasteiger partial charge in [-0.1, -0.05) is 24.8 Å². The zero-order valence-corrected chi connectivity index (χ0v) is 12.0. The van der Waals surface area contributed by atoms with Gasteiger partial charge in [0.25, 0.3) is 0 Å². The number of rotatable bonds is 1. The number of halogens is 1. The Morgan fingerprint density at radius 2 is 2.15 bits per heavy atom. The molecule has 1 aliphatic carbocycles. The molecule has 1 aliphatic rings. The maximum absolute atomic E-state index is 10.9. The van der Waals surface area contributed by atoms with E-state index in [0.717, 1.165) is 5.57 Å². The Kier molecular flexibility index (Phi) is 8.48. The topological polar surface area (TPSA) is 26.3 Å². The quantitative estimate of drug-likeness (QED) is 0.431. The molecule has 0 saturated heterocycles. The first-order valence-electron chi connectivity index (χ1n) is 3.24. The van der Waals surface area contributed by atoms with Gasteiger partial charge in [0.05, 0.1) is 7.11 Å². The molecule has 0 N–H and O–H groups in total. The summed E-state index contributed by atoms with van der Waals surface area (Å²) in [6, 6.07) is 0. The maximum atomic E-state index is 10.9. The van der Waals surface area contributed by atoms with Crippen LogP contribution in [0, 0.1) is 6.42 Å². The van der Waals surface area contributed by atoms with Crippen LogP contribution in [-0.2, 0) is 29.0 Å². The number of methoxy groups -OCH3 is 1. The van der Waals surface area contributed by atoms with E-state index in [0.29, 0.717) is 5.57 Å². The van der Waals surface area contributed by atoms with E-state index < -0.39 is 0 Å². The number of allylic oxidation sites excluding steroid dienone is 4. The van der Waals surface area contributed by atoms with E-state index in [9.17, 15) is 4.79 Å². The Labute approximate surface area is 101 Å². The minimum Gasteiger partial charge on any atom is -1.00 e. The molecule has 2 nitrogen and oxygen atoms in total. The van der Waals surface area contributed by atoms with E-state index in [1.54, 1.807) is 18.6 Å². The van der Waals surface area contributed by atoms with Crippen molar-refractivity contribution >= 4 is 5.97 Å². The largest absolute Gasteiger partial charge is 1.00 e. The number of carbonyl (C=O) groups excluding carboxylic acids is 1. The van der Waals surface area contributed by atoms with E-state index in [1.807, 2.05) is 6.08 Å². The molecule has 0 saturated carbocycles. The van der Waals surface area contributed by atoms with Gasteiger partial charge in [0.15, 0.2) is 0 Å². The fourth-order valence-corrected chi connectivity index (χ4v) is 0.816. The molecule has 0 amide bonds. The Hall–Kier alpha value is -0.207. The Bertz CT molecular complexity index is 256. The van der Waals surface area contributed by atoms with Crippen LogP contribution in [0.5, 0.6) is 0 Å². The van der Waals surface area contributed by atoms with Crippen LogP contribution in [0.1, 0.15) is 0 Å². The number of carbonyl (C=O) groups is 1. The Balaban J connectivity index is 0. The average molecular weight is 294 g/mol. The van der Waals surface area contributed by atoms with Gasteiger partial charge < -0.3 is 21.7 Å². The molecule has 0 aromatic heterocycles. The summed E-state index contributed by atoms with van der Waals surface area (Å²) in [7, 11) is 1.36. The first kappa shape index (κ1) is 15.3. The molecule has 67 valence electrons. The first-order chi connectivity index (χ1) is 5.24. The summed E-state index contributed by atoms with van der Waals surface area (Å²) in [5.74, 6) is -0.324. The van der Waals surface area contributed by atoms with Gasteiger partial charge in [0, 0.05) is 31.5 Å². The van der Waals surface area contributed by atoms with Gasteiger partial charge in [0.1, 0.15) is 0 Å². The number of ether oxygens (including phenoxy) is 1. The molecule has 0 aliphatic heterocycles. The van der Waals surface area contributed by atoms with Gasteiger partial charge in [-0.05, 0) is 5.57 Å². The summed E-state index contributed by atoms with van der Waals surface area (Å²) in [5.41, 5.74) is 1.35. The SMILES string of the molecule is C=C1[CH]C(C(=O)OC)=CC=C1.[Br-].[Zn]. The molecule has 0 unspecified atom stereocenters. The van der Waals surface area contributed by atoms with Gasteiger partial charge >= 0.3 is 5.97 Å². The second kappa shape index (κ2) is 7.22. The van der Waals surface area contributed by atoms with E-state index in [1.165, 1.54) is 7.11 Å². The molecule has 0 aromatic carbocycles. The molecular weight excluding hydrogens is 285 g/mol. The molecule has 0 spiro atoms. The minimum atomic E-state index is -0.324. The summed E-state index contributed by atoms with van der Waals surface area (Å²) in [6.45, 7) is 3.69. The van der Waals surface area contributed by atoms with Crippen molar-refractivity contribution in [2.75, 3.05) is 7.11 Å². The summed E-state index contributed by atoms with van der Waals surface area (Å²) < 4.78 is 4.52. The minimum absolute atomic E-state index is 0. The van der Waals surface area contributed by atoms with Crippen molar-refractivity contribution in [2.24, 2.45) is 0 Å². The third kappa shape index (κ3) is 4.53. The standard InChI is InChI=1S/C9H9O2.BrH.Zn/c1-7-4-3-5-8(6-7)9(10)11-2;;/h3-6H,1H2,2H3;1H;/p-1. The van der Waals surface area contributed by atoms with Crippen molar-refractivity contribution in [2.45, 2.75) is 0 Å². The van der Waals surface area contributed by atoms with Crippen LogP contribution in [0.4, 0.5) is 0 Å². The molecule has 1 rings (SSSR count). The van der Waals surface area contributed by atoms with Crippen molar-refractivity contribution in [1.29, 1.82) is 0 Å². The average Bonchev–Trinajstić information content (AvgIpc) is 2.03. The summed E-state index contributed by atoms with van der Waals surface area (Å²) in [5, 5.41) is 0. The molecule has 4 heteroatoms. The van der Waals surface area contributed by atoms with E-state index in [4.69, 9.17) is 0 Å². The molecule has 0 bridgehead atoms. The van der Waals surface area contributed by atoms with Crippen molar-refractivity contribution in [3.63, 3.8) is 0 Å². The van der Waals surface area contributed by atoms with Crippen molar-refractivity contribution in [3.8, 4) is 0 Å². The van der Waals surface area contributed by atoms with Gasteiger partial charge in [0.2, 0.25) is 0 Å². The molecule has 0 heterocycles. The fraction of sp³-hybridized carbons (Fsp3) is 0.111. The van der Waals surface area contributed by atoms with Crippen LogP contribution in [-0.4, -0.2) is 13.1 Å². The van der Waals surface area contributed by atoms with Crippen molar-refractivity contribution < 1.29 is 46.0 Å². The molecule has 1 radical (unpaired) electrons. The van der Waals surface area contributed by atoms with Crippen LogP contribution >= 0.6 is 0 Å². The predicted octanol–water partition coefficient (Wildman–Crippen LogP) is -1.58. The third-order valence-electron chi connectivity index (χ3n) is 1.35. The fourth-order valence-electron chi connectivity index (χ4n) is 0.816. The number of hydrogen-bond acceptors (Lipinski definition) is 2. The van der Waals surface area contributed by atoms with Gasteiger partial charge in [-0.3, -0.25) is 0 Å². The van der Waals surface area contributed by atoms with Crippen molar-refractivity contribution in [1.82, 2.24) is 0 Å². The summed E-state index contributed by atoms with van der Waals surface area (Å²) in [4.78, 5) is 10.9. The predicted molar refractivity (Wildman–Crippen MR) is 42.7 cm³/mol. The van der Waals surface area contributed by atoms with Gasteiger partial charge in [-0.2, -0.15) is 0 Å². The number of esters is 1. The second-order valence-electron chi connectivity index (χ2n) is 2.19. The molecule has 13 heavy (non-hydrogen) atoms. The smallest absolute Gasteiger partial charge is 0.334 e. The monoisotopic (exact) mass is 292 g/mol. The normalized spacial score (nSPS) is 13.6. The molecule has 0 aromatic rings. The van der Waals surface area contributed by atoms with Crippen LogP contribution in [0.15, 0.2) is 36.0 Å². The van der Waals surface area contributed by atoms with Crippen LogP contribution < -0.4 is 17.0 Å². The molecule has 0 fully saturated rings. The number of hydrogen-bond donors (Lipinski definition) is 0. The van der Waals surface area contributed by atoms with Crippen LogP contribution in [0.25, 0.3) is 0 Å². The van der Waals surface area contributed by atoms with Crippen LogP contribution in [0.3, 0.4) is 0 Å². The van der Waals surface area contributed by atoms with Gasteiger partial charge in [-0.15, -0.1) is 0 Å². The van der Waals surface area contributed by atoms with Crippen LogP contribution in [0.2, 0.25) is 0 Å². The maximum Gasteiger partial charge on any atom is 0.334 e. The van der Waals surface area contributed by atoms with E-state index >= 15 is 0 Å². The van der Waals surface area contributed by atoms with Gasteiger partial charge in [-0.25, -0.2) is 4.79 Å². The molecule has 0 atom stereocenters. The third-order valence-corrected chi connectivity index (χ3v) is 1.35. The zero-order valence-electron chi connectivity index (χ0n) is 7.42. The van der Waals surface area contributed by atoms with E-state index in [-0.39, 0.29) is 42.4 Å². The summed E-state index contributed by atoms with van der Waals surface area (Å²) in [6.07, 6.45) is 6.98. The zero-order chi connectivity index (χ0) is 8.27. The Morgan fingerprint density at radius 3 is 2.62 bits per heavy atom. The second-order valence-corrected chi connectivity index (χ2v) is 2.19. The Morgan fingerprint density at radius 1 is 1.54 bits per heavy atom. The molecular formula is C9H9BrO2Zn-. The first-order valence-corrected chi connectivity index (χ1v) is 3.24.